The predicted octanol–water partition coefficient (Wildman–Crippen LogP) is 2.80. The lowest BCUT2D eigenvalue weighted by Crippen LogP contribution is -2.36. The number of piperidine rings is 1. The van der Waals surface area contributed by atoms with Crippen LogP contribution in [0.5, 0.6) is 0 Å². The summed E-state index contributed by atoms with van der Waals surface area (Å²) >= 11 is 0. The molecule has 0 aliphatic carbocycles. The van der Waals surface area contributed by atoms with E-state index in [-0.39, 0.29) is 11.9 Å². The number of hydrogen-bond acceptors (Lipinski definition) is 5. The van der Waals surface area contributed by atoms with E-state index in [4.69, 9.17) is 15.9 Å². The molecule has 158 valence electrons. The highest BCUT2D eigenvalue weighted by atomic mass is 16.5. The number of aromatic nitrogens is 1. The Balaban J connectivity index is 1.31. The van der Waals surface area contributed by atoms with Gasteiger partial charge in [0.05, 0.1) is 12.2 Å². The minimum Gasteiger partial charge on any atom is -0.462 e. The fourth-order valence-corrected chi connectivity index (χ4v) is 4.28. The number of ether oxygens (including phenoxy) is 1. The SMILES string of the molecule is N=C(N)N1CCCc2ccc(C(=O)OCC3CCN(c4ccncc4)CC3)cc2C1. The fraction of sp³-hybridized carbons (Fsp3) is 0.435. The van der Waals surface area contributed by atoms with Crippen LogP contribution in [0.3, 0.4) is 0 Å². The molecular weight excluding hydrogens is 378 g/mol. The summed E-state index contributed by atoms with van der Waals surface area (Å²) in [5, 5.41) is 7.72. The summed E-state index contributed by atoms with van der Waals surface area (Å²) < 4.78 is 5.66. The van der Waals surface area contributed by atoms with E-state index < -0.39 is 0 Å². The predicted molar refractivity (Wildman–Crippen MR) is 117 cm³/mol. The first kappa shape index (κ1) is 20.2. The number of guanidine groups is 1. The molecule has 1 fully saturated rings. The average molecular weight is 408 g/mol. The molecule has 2 aliphatic heterocycles. The van der Waals surface area contributed by atoms with Crippen molar-refractivity contribution in [3.63, 3.8) is 0 Å². The number of fused-ring (bicyclic) bond motifs is 1. The van der Waals surface area contributed by atoms with Gasteiger partial charge in [-0.2, -0.15) is 0 Å². The minimum absolute atomic E-state index is 0.0777. The van der Waals surface area contributed by atoms with Gasteiger partial charge in [0, 0.05) is 44.3 Å². The highest BCUT2D eigenvalue weighted by molar-refractivity contribution is 5.89. The van der Waals surface area contributed by atoms with Crippen LogP contribution in [0.1, 0.15) is 40.7 Å². The van der Waals surface area contributed by atoms with Gasteiger partial charge in [0.25, 0.3) is 0 Å². The van der Waals surface area contributed by atoms with Crippen molar-refractivity contribution < 1.29 is 9.53 Å². The third-order valence-electron chi connectivity index (χ3n) is 6.11. The summed E-state index contributed by atoms with van der Waals surface area (Å²) in [5.74, 6) is 0.197. The molecule has 0 spiro atoms. The van der Waals surface area contributed by atoms with Gasteiger partial charge in [-0.25, -0.2) is 4.79 Å². The second-order valence-electron chi connectivity index (χ2n) is 8.13. The van der Waals surface area contributed by atoms with Crippen molar-refractivity contribution >= 4 is 17.6 Å². The first-order valence-electron chi connectivity index (χ1n) is 10.6. The van der Waals surface area contributed by atoms with E-state index in [2.05, 4.69) is 9.88 Å². The van der Waals surface area contributed by atoms with Gasteiger partial charge in [0.2, 0.25) is 0 Å². The van der Waals surface area contributed by atoms with Crippen molar-refractivity contribution in [3.8, 4) is 0 Å². The molecule has 2 aromatic rings. The molecule has 0 atom stereocenters. The largest absolute Gasteiger partial charge is 0.462 e. The van der Waals surface area contributed by atoms with Gasteiger partial charge >= 0.3 is 5.97 Å². The minimum atomic E-state index is -0.270. The normalized spacial score (nSPS) is 17.2. The van der Waals surface area contributed by atoms with E-state index in [1.165, 1.54) is 11.3 Å². The maximum Gasteiger partial charge on any atom is 0.338 e. The molecule has 3 N–H and O–H groups in total. The topological polar surface area (TPSA) is 95.5 Å². The van der Waals surface area contributed by atoms with Crippen LogP contribution in [0.25, 0.3) is 0 Å². The number of nitrogens with one attached hydrogen (secondary N) is 1. The van der Waals surface area contributed by atoms with Crippen LogP contribution in [0.4, 0.5) is 5.69 Å². The number of nitrogens with zero attached hydrogens (tertiary/aromatic N) is 3. The summed E-state index contributed by atoms with van der Waals surface area (Å²) in [5.41, 5.74) is 9.74. The van der Waals surface area contributed by atoms with Gasteiger partial charge in [-0.3, -0.25) is 10.4 Å². The Morgan fingerprint density at radius 1 is 1.13 bits per heavy atom. The molecule has 1 saturated heterocycles. The first-order valence-corrected chi connectivity index (χ1v) is 10.6. The lowest BCUT2D eigenvalue weighted by Gasteiger charge is -2.33. The highest BCUT2D eigenvalue weighted by Gasteiger charge is 2.22. The highest BCUT2D eigenvalue weighted by Crippen LogP contribution is 2.24. The Morgan fingerprint density at radius 3 is 2.63 bits per heavy atom. The molecule has 30 heavy (non-hydrogen) atoms. The van der Waals surface area contributed by atoms with Crippen LogP contribution in [-0.4, -0.2) is 48.1 Å². The molecule has 3 heterocycles. The Hall–Kier alpha value is -3.09. The fourth-order valence-electron chi connectivity index (χ4n) is 4.28. The zero-order valence-corrected chi connectivity index (χ0v) is 17.2. The third-order valence-corrected chi connectivity index (χ3v) is 6.11. The molecule has 0 radical (unpaired) electrons. The van der Waals surface area contributed by atoms with Gasteiger partial charge in [-0.1, -0.05) is 6.07 Å². The van der Waals surface area contributed by atoms with Crippen LogP contribution in [0.2, 0.25) is 0 Å². The number of nitrogens with two attached hydrogens (primary N) is 1. The zero-order chi connectivity index (χ0) is 20.9. The number of esters is 1. The van der Waals surface area contributed by atoms with Gasteiger partial charge in [0.1, 0.15) is 0 Å². The second-order valence-corrected chi connectivity index (χ2v) is 8.13. The van der Waals surface area contributed by atoms with Gasteiger partial charge in [-0.05, 0) is 67.0 Å². The van der Waals surface area contributed by atoms with Crippen LogP contribution < -0.4 is 10.6 Å². The van der Waals surface area contributed by atoms with Gasteiger partial charge in [0.15, 0.2) is 5.96 Å². The molecule has 2 aliphatic rings. The number of aryl methyl sites for hydroxylation is 1. The maximum absolute atomic E-state index is 12.6. The number of hydrogen-bond donors (Lipinski definition) is 2. The molecule has 4 rings (SSSR count). The summed E-state index contributed by atoms with van der Waals surface area (Å²) in [6.45, 7) is 3.72. The Kier molecular flexibility index (Phi) is 6.16. The van der Waals surface area contributed by atoms with E-state index in [1.807, 2.05) is 47.6 Å². The number of carbonyl (C=O) groups is 1. The summed E-state index contributed by atoms with van der Waals surface area (Å²) in [7, 11) is 0. The van der Waals surface area contributed by atoms with Crippen molar-refractivity contribution in [3.05, 3.63) is 59.4 Å². The number of anilines is 1. The van der Waals surface area contributed by atoms with Crippen LogP contribution in [0, 0.1) is 11.3 Å². The number of carbonyl (C=O) groups excluding carboxylic acids is 1. The molecule has 0 saturated carbocycles. The molecular formula is C23H29N5O2. The standard InChI is InChI=1S/C23H29N5O2/c24-23(25)28-11-1-2-18-3-4-19(14-20(18)15-28)22(29)30-16-17-7-12-27(13-8-17)21-5-9-26-10-6-21/h3-6,9-10,14,17H,1-2,7-8,11-13,15-16H2,(H3,24,25). The Bertz CT molecular complexity index is 894. The number of benzene rings is 1. The smallest absolute Gasteiger partial charge is 0.338 e. The van der Waals surface area contributed by atoms with E-state index in [0.29, 0.717) is 24.6 Å². The molecule has 1 aromatic carbocycles. The van der Waals surface area contributed by atoms with Crippen molar-refractivity contribution in [2.24, 2.45) is 11.7 Å². The van der Waals surface area contributed by atoms with Crippen LogP contribution >= 0.6 is 0 Å². The lowest BCUT2D eigenvalue weighted by atomic mass is 9.97. The van der Waals surface area contributed by atoms with Crippen molar-refractivity contribution in [2.45, 2.75) is 32.2 Å². The average Bonchev–Trinajstić information content (AvgIpc) is 3.00. The van der Waals surface area contributed by atoms with Crippen molar-refractivity contribution in [1.29, 1.82) is 5.41 Å². The first-order chi connectivity index (χ1) is 14.6. The molecule has 0 unspecified atom stereocenters. The van der Waals surface area contributed by atoms with Crippen LogP contribution in [-0.2, 0) is 17.7 Å². The van der Waals surface area contributed by atoms with Crippen LogP contribution in [0.15, 0.2) is 42.7 Å². The maximum atomic E-state index is 12.6. The molecule has 7 nitrogen and oxygen atoms in total. The quantitative estimate of drug-likeness (QED) is 0.460. The molecule has 0 bridgehead atoms. The third kappa shape index (κ3) is 4.72. The second kappa shape index (κ2) is 9.15. The number of rotatable bonds is 4. The molecule has 7 heteroatoms. The van der Waals surface area contributed by atoms with E-state index in [9.17, 15) is 4.79 Å². The van der Waals surface area contributed by atoms with Gasteiger partial charge in [-0.15, -0.1) is 0 Å². The van der Waals surface area contributed by atoms with E-state index >= 15 is 0 Å². The summed E-state index contributed by atoms with van der Waals surface area (Å²) in [4.78, 5) is 20.9. The van der Waals surface area contributed by atoms with Crippen molar-refractivity contribution in [1.82, 2.24) is 9.88 Å². The lowest BCUT2D eigenvalue weighted by molar-refractivity contribution is 0.0421. The zero-order valence-electron chi connectivity index (χ0n) is 17.2. The molecule has 1 aromatic heterocycles. The monoisotopic (exact) mass is 407 g/mol. The Morgan fingerprint density at radius 2 is 1.90 bits per heavy atom. The van der Waals surface area contributed by atoms with E-state index in [1.54, 1.807) is 0 Å². The summed E-state index contributed by atoms with van der Waals surface area (Å²) in [6.07, 6.45) is 7.54. The molecule has 0 amide bonds. The number of pyridine rings is 1. The van der Waals surface area contributed by atoms with E-state index in [0.717, 1.165) is 50.9 Å². The summed E-state index contributed by atoms with van der Waals surface area (Å²) in [6, 6.07) is 9.85. The Labute approximate surface area is 177 Å². The van der Waals surface area contributed by atoms with Gasteiger partial charge < -0.3 is 20.3 Å². The van der Waals surface area contributed by atoms with Crippen molar-refractivity contribution in [2.75, 3.05) is 31.1 Å².